The molecule has 3 heteroatoms. The van der Waals surface area contributed by atoms with Crippen LogP contribution in [0, 0.1) is 13.8 Å². The summed E-state index contributed by atoms with van der Waals surface area (Å²) in [4.78, 5) is 12.7. The van der Waals surface area contributed by atoms with Gasteiger partial charge in [-0.1, -0.05) is 0 Å². The van der Waals surface area contributed by atoms with Crippen LogP contribution in [0.5, 0.6) is 0 Å². The molecule has 0 aromatic carbocycles. The summed E-state index contributed by atoms with van der Waals surface area (Å²) in [5.41, 5.74) is 2.10. The molecule has 2 heterocycles. The van der Waals surface area contributed by atoms with Crippen molar-refractivity contribution >= 4 is 0 Å². The van der Waals surface area contributed by atoms with E-state index in [1.165, 1.54) is 0 Å². The van der Waals surface area contributed by atoms with Crippen LogP contribution < -0.4 is 10.7 Å². The Kier molecular flexibility index (Phi) is 1.24. The molecule has 0 amide bonds. The molecule has 0 spiro atoms. The maximum atomic E-state index is 4.25. The van der Waals surface area contributed by atoms with Gasteiger partial charge in [0, 0.05) is 6.20 Å². The molecule has 2 rings (SSSR count). The fourth-order valence-electron chi connectivity index (χ4n) is 1.24. The van der Waals surface area contributed by atoms with E-state index < -0.39 is 0 Å². The van der Waals surface area contributed by atoms with Crippen molar-refractivity contribution in [3.63, 3.8) is 0 Å². The Morgan fingerprint density at radius 2 is 1.91 bits per heavy atom. The van der Waals surface area contributed by atoms with Gasteiger partial charge in [0.15, 0.2) is 0 Å². The molecule has 0 atom stereocenters. The Hall–Kier alpha value is -1.25. The molecule has 0 unspecified atom stereocenters. The lowest BCUT2D eigenvalue weighted by atomic mass is 10.2. The molecule has 0 N–H and O–H groups in total. The molecule has 0 aliphatic carbocycles. The van der Waals surface area contributed by atoms with Crippen molar-refractivity contribution in [2.24, 2.45) is 9.98 Å². The summed E-state index contributed by atoms with van der Waals surface area (Å²) >= 11 is 0. The number of fused-ring (bicyclic) bond motifs is 1. The van der Waals surface area contributed by atoms with Crippen molar-refractivity contribution in [2.75, 3.05) is 6.67 Å². The van der Waals surface area contributed by atoms with Gasteiger partial charge in [-0.2, -0.15) is 0 Å². The van der Waals surface area contributed by atoms with E-state index in [9.17, 15) is 0 Å². The minimum Gasteiger partial charge on any atom is -0.259 e. The average molecular weight is 147 g/mol. The first-order valence-corrected chi connectivity index (χ1v) is 3.60. The predicted molar refractivity (Wildman–Crippen MR) is 40.9 cm³/mol. The number of hydrogen-bond acceptors (Lipinski definition) is 3. The Balaban J connectivity index is 2.98. The molecule has 1 aliphatic heterocycles. The molecular formula is C8H9N3. The Morgan fingerprint density at radius 1 is 1.18 bits per heavy atom. The monoisotopic (exact) mass is 147 g/mol. The van der Waals surface area contributed by atoms with Gasteiger partial charge in [-0.15, -0.1) is 0 Å². The summed E-state index contributed by atoms with van der Waals surface area (Å²) in [6, 6.07) is 0. The quantitative estimate of drug-likeness (QED) is 0.505. The van der Waals surface area contributed by atoms with Gasteiger partial charge in [-0.25, -0.2) is 0 Å². The highest BCUT2D eigenvalue weighted by Crippen LogP contribution is 1.87. The van der Waals surface area contributed by atoms with Crippen LogP contribution in [0.15, 0.2) is 16.2 Å². The standard InChI is InChI=1S/C8H9N3/c1-5-3-9-6(2)8-7(5)10-4-11-8/h3H,4H2,1-2H3. The van der Waals surface area contributed by atoms with Gasteiger partial charge in [0.25, 0.3) is 0 Å². The molecule has 3 nitrogen and oxygen atoms in total. The average Bonchev–Trinajstić information content (AvgIpc) is 2.45. The van der Waals surface area contributed by atoms with Crippen molar-refractivity contribution in [1.82, 2.24) is 4.98 Å². The van der Waals surface area contributed by atoms with Crippen LogP contribution >= 0.6 is 0 Å². The predicted octanol–water partition coefficient (Wildman–Crippen LogP) is -0.0913. The third-order valence-electron chi connectivity index (χ3n) is 1.85. The summed E-state index contributed by atoms with van der Waals surface area (Å²) in [7, 11) is 0. The van der Waals surface area contributed by atoms with Crippen molar-refractivity contribution in [1.29, 1.82) is 0 Å². The second-order valence-electron chi connectivity index (χ2n) is 2.68. The zero-order valence-electron chi connectivity index (χ0n) is 6.63. The molecule has 11 heavy (non-hydrogen) atoms. The third-order valence-corrected chi connectivity index (χ3v) is 1.85. The highest BCUT2D eigenvalue weighted by Gasteiger charge is 2.02. The minimum atomic E-state index is 0.572. The van der Waals surface area contributed by atoms with Crippen LogP contribution in [0.2, 0.25) is 0 Å². The van der Waals surface area contributed by atoms with Gasteiger partial charge < -0.3 is 0 Å². The van der Waals surface area contributed by atoms with Crippen molar-refractivity contribution in [2.45, 2.75) is 13.8 Å². The summed E-state index contributed by atoms with van der Waals surface area (Å²) in [6.45, 7) is 4.54. The van der Waals surface area contributed by atoms with Gasteiger partial charge >= 0.3 is 0 Å². The Labute approximate surface area is 64.5 Å². The summed E-state index contributed by atoms with van der Waals surface area (Å²) in [6.07, 6.45) is 1.85. The van der Waals surface area contributed by atoms with E-state index in [0.717, 1.165) is 22.0 Å². The lowest BCUT2D eigenvalue weighted by Crippen LogP contribution is -2.28. The lowest BCUT2D eigenvalue weighted by Gasteiger charge is -1.92. The van der Waals surface area contributed by atoms with Crippen LogP contribution in [0.25, 0.3) is 0 Å². The molecule has 1 aromatic heterocycles. The molecule has 0 fully saturated rings. The summed E-state index contributed by atoms with van der Waals surface area (Å²) < 4.78 is 0. The van der Waals surface area contributed by atoms with E-state index in [2.05, 4.69) is 15.0 Å². The second-order valence-corrected chi connectivity index (χ2v) is 2.68. The zero-order valence-corrected chi connectivity index (χ0v) is 6.63. The Morgan fingerprint density at radius 3 is 2.64 bits per heavy atom. The van der Waals surface area contributed by atoms with Crippen molar-refractivity contribution < 1.29 is 0 Å². The van der Waals surface area contributed by atoms with E-state index in [-0.39, 0.29) is 0 Å². The molecule has 56 valence electrons. The first-order valence-electron chi connectivity index (χ1n) is 3.60. The number of aromatic nitrogens is 1. The summed E-state index contributed by atoms with van der Waals surface area (Å²) in [5.74, 6) is 0. The molecule has 1 aromatic rings. The van der Waals surface area contributed by atoms with Crippen LogP contribution in [-0.4, -0.2) is 11.7 Å². The SMILES string of the molecule is Cc1cnc(C)c2c1=NCN=2. The lowest BCUT2D eigenvalue weighted by molar-refractivity contribution is 1.05. The topological polar surface area (TPSA) is 37.6 Å². The number of aryl methyl sites for hydroxylation is 2. The number of rotatable bonds is 0. The van der Waals surface area contributed by atoms with E-state index in [1.807, 2.05) is 20.0 Å². The van der Waals surface area contributed by atoms with E-state index in [1.54, 1.807) is 0 Å². The van der Waals surface area contributed by atoms with Crippen molar-refractivity contribution in [3.8, 4) is 0 Å². The largest absolute Gasteiger partial charge is 0.259 e. The molecule has 1 aliphatic rings. The Bertz CT molecular complexity index is 367. The number of pyridine rings is 1. The van der Waals surface area contributed by atoms with Gasteiger partial charge in [-0.3, -0.25) is 15.0 Å². The molecule has 0 saturated heterocycles. The van der Waals surface area contributed by atoms with Gasteiger partial charge in [0.2, 0.25) is 0 Å². The first-order chi connectivity index (χ1) is 5.29. The van der Waals surface area contributed by atoms with Gasteiger partial charge in [-0.05, 0) is 19.4 Å². The highest BCUT2D eigenvalue weighted by molar-refractivity contribution is 5.12. The van der Waals surface area contributed by atoms with Crippen LogP contribution in [0.3, 0.4) is 0 Å². The van der Waals surface area contributed by atoms with Crippen LogP contribution in [-0.2, 0) is 0 Å². The van der Waals surface area contributed by atoms with Gasteiger partial charge in [0.1, 0.15) is 12.0 Å². The fourth-order valence-corrected chi connectivity index (χ4v) is 1.24. The van der Waals surface area contributed by atoms with E-state index in [4.69, 9.17) is 0 Å². The molecular weight excluding hydrogens is 138 g/mol. The number of nitrogens with zero attached hydrogens (tertiary/aromatic N) is 3. The van der Waals surface area contributed by atoms with E-state index in [0.29, 0.717) is 6.67 Å². The maximum Gasteiger partial charge on any atom is 0.131 e. The zero-order chi connectivity index (χ0) is 7.84. The van der Waals surface area contributed by atoms with Crippen LogP contribution in [0.1, 0.15) is 11.3 Å². The van der Waals surface area contributed by atoms with E-state index >= 15 is 0 Å². The normalized spacial score (nSPS) is 13.6. The van der Waals surface area contributed by atoms with Crippen molar-refractivity contribution in [3.05, 3.63) is 28.2 Å². The molecule has 0 radical (unpaired) electrons. The van der Waals surface area contributed by atoms with Crippen LogP contribution in [0.4, 0.5) is 0 Å². The first kappa shape index (κ1) is 6.46. The summed E-state index contributed by atoms with van der Waals surface area (Å²) in [5, 5.41) is 2.00. The number of hydrogen-bond donors (Lipinski definition) is 0. The maximum absolute atomic E-state index is 4.25. The van der Waals surface area contributed by atoms with Gasteiger partial charge in [0.05, 0.1) is 11.1 Å². The molecule has 0 saturated carbocycles. The third kappa shape index (κ3) is 0.843. The molecule has 0 bridgehead atoms. The second kappa shape index (κ2) is 2.12. The smallest absolute Gasteiger partial charge is 0.131 e. The highest BCUT2D eigenvalue weighted by atomic mass is 15.0. The fraction of sp³-hybridized carbons (Fsp3) is 0.375. The minimum absolute atomic E-state index is 0.572.